The number of hydrogen-bond donors (Lipinski definition) is 3. The lowest BCUT2D eigenvalue weighted by molar-refractivity contribution is -0.152. The molecule has 0 fully saturated rings. The smallest absolute Gasteiger partial charge is 0.353 e. The molecule has 0 aliphatic heterocycles. The molecule has 0 spiro atoms. The molecule has 3 N–H and O–H groups in total. The van der Waals surface area contributed by atoms with E-state index in [9.17, 15) is 24.9 Å². The van der Waals surface area contributed by atoms with Crippen LogP contribution in [0.3, 0.4) is 0 Å². The van der Waals surface area contributed by atoms with Gasteiger partial charge >= 0.3 is 11.9 Å². The number of hydrogen-bond acceptors (Lipinski definition) is 5. The van der Waals surface area contributed by atoms with Crippen molar-refractivity contribution in [1.29, 1.82) is 0 Å². The van der Waals surface area contributed by atoms with E-state index < -0.39 is 34.3 Å². The van der Waals surface area contributed by atoms with Crippen molar-refractivity contribution in [3.05, 3.63) is 101 Å². The summed E-state index contributed by atoms with van der Waals surface area (Å²) in [6.45, 7) is 9.08. The van der Waals surface area contributed by atoms with Crippen LogP contribution in [0.4, 0.5) is 0 Å². The van der Waals surface area contributed by atoms with Crippen LogP contribution in [0, 0.1) is 0 Å². The van der Waals surface area contributed by atoms with Gasteiger partial charge in [0.1, 0.15) is 17.1 Å². The number of carbonyl (C=O) groups excluding carboxylic acids is 1. The summed E-state index contributed by atoms with van der Waals surface area (Å²) in [4.78, 5) is 25.1. The quantitative estimate of drug-likeness (QED) is 0.369. The van der Waals surface area contributed by atoms with Crippen molar-refractivity contribution >= 4 is 18.0 Å². The number of aromatic hydroxyl groups is 1. The van der Waals surface area contributed by atoms with Gasteiger partial charge in [0.25, 0.3) is 0 Å². The van der Waals surface area contributed by atoms with Crippen molar-refractivity contribution in [3.8, 4) is 11.5 Å². The predicted octanol–water partition coefficient (Wildman–Crippen LogP) is 4.87. The maximum atomic E-state index is 13.4. The van der Waals surface area contributed by atoms with E-state index in [0.29, 0.717) is 5.56 Å². The molecule has 6 nitrogen and oxygen atoms in total. The summed E-state index contributed by atoms with van der Waals surface area (Å²) in [5.41, 5.74) is -1.53. The molecule has 0 bridgehead atoms. The standard InChI is InChI=1S/C27H26O6/c1-5-17-11-13-19(14-12-17)27(32,18-9-7-6-8-10-18)25(31)33-20-15-21(24(29)30)23(28)22(16-20)26(2,3)4/h5-16,28,32H,1H2,2-4H3,(H,29,30). The third-order valence-electron chi connectivity index (χ3n) is 5.38. The highest BCUT2D eigenvalue weighted by Crippen LogP contribution is 2.38. The summed E-state index contributed by atoms with van der Waals surface area (Å²) in [6.07, 6.45) is 1.64. The van der Waals surface area contributed by atoms with Gasteiger partial charge < -0.3 is 20.1 Å². The summed E-state index contributed by atoms with van der Waals surface area (Å²) < 4.78 is 5.54. The Labute approximate surface area is 192 Å². The van der Waals surface area contributed by atoms with Crippen LogP contribution < -0.4 is 4.74 Å². The van der Waals surface area contributed by atoms with Crippen molar-refractivity contribution in [1.82, 2.24) is 0 Å². The highest BCUT2D eigenvalue weighted by molar-refractivity contribution is 5.93. The van der Waals surface area contributed by atoms with Gasteiger partial charge in [-0.2, -0.15) is 0 Å². The molecule has 3 aromatic carbocycles. The van der Waals surface area contributed by atoms with Gasteiger partial charge in [0.05, 0.1) is 0 Å². The monoisotopic (exact) mass is 446 g/mol. The largest absolute Gasteiger partial charge is 0.507 e. The van der Waals surface area contributed by atoms with E-state index in [1.54, 1.807) is 81.4 Å². The summed E-state index contributed by atoms with van der Waals surface area (Å²) in [6, 6.07) is 17.4. The molecule has 1 atom stereocenters. The zero-order valence-corrected chi connectivity index (χ0v) is 18.7. The van der Waals surface area contributed by atoms with E-state index in [2.05, 4.69) is 6.58 Å². The molecule has 3 aromatic rings. The summed E-state index contributed by atoms with van der Waals surface area (Å²) in [5.74, 6) is -2.87. The van der Waals surface area contributed by atoms with Crippen LogP contribution in [0.1, 0.15) is 53.4 Å². The van der Waals surface area contributed by atoms with Crippen LogP contribution in [-0.2, 0) is 15.8 Å². The Morgan fingerprint density at radius 2 is 1.52 bits per heavy atom. The lowest BCUT2D eigenvalue weighted by atomic mass is 9.84. The first-order valence-corrected chi connectivity index (χ1v) is 10.3. The van der Waals surface area contributed by atoms with Gasteiger partial charge in [0, 0.05) is 5.56 Å². The SMILES string of the molecule is C=Cc1ccc(C(O)(C(=O)Oc2cc(C(=O)O)c(O)c(C(C)(C)C)c2)c2ccccc2)cc1. The van der Waals surface area contributed by atoms with Crippen molar-refractivity contribution < 1.29 is 29.6 Å². The molecule has 170 valence electrons. The summed E-state index contributed by atoms with van der Waals surface area (Å²) in [7, 11) is 0. The highest BCUT2D eigenvalue weighted by Gasteiger charge is 2.42. The van der Waals surface area contributed by atoms with Crippen LogP contribution in [0.5, 0.6) is 11.5 Å². The number of aliphatic hydroxyl groups is 1. The zero-order valence-electron chi connectivity index (χ0n) is 18.7. The molecular weight excluding hydrogens is 420 g/mol. The van der Waals surface area contributed by atoms with Gasteiger partial charge in [-0.25, -0.2) is 9.59 Å². The molecular formula is C27H26O6. The van der Waals surface area contributed by atoms with Gasteiger partial charge in [-0.1, -0.05) is 88.0 Å². The minimum absolute atomic E-state index is 0.0998. The lowest BCUT2D eigenvalue weighted by Gasteiger charge is -2.28. The van der Waals surface area contributed by atoms with Crippen molar-refractivity contribution in [2.45, 2.75) is 31.8 Å². The van der Waals surface area contributed by atoms with Crippen molar-refractivity contribution in [3.63, 3.8) is 0 Å². The Morgan fingerprint density at radius 1 is 0.939 bits per heavy atom. The van der Waals surface area contributed by atoms with Crippen LogP contribution in [0.15, 0.2) is 73.3 Å². The van der Waals surface area contributed by atoms with Crippen molar-refractivity contribution in [2.75, 3.05) is 0 Å². The molecule has 1 unspecified atom stereocenters. The number of benzene rings is 3. The average Bonchev–Trinajstić information content (AvgIpc) is 2.79. The van der Waals surface area contributed by atoms with E-state index in [0.717, 1.165) is 11.6 Å². The second-order valence-corrected chi connectivity index (χ2v) is 8.71. The fraction of sp³-hybridized carbons (Fsp3) is 0.185. The first-order chi connectivity index (χ1) is 15.5. The number of carboxylic acids is 1. The van der Waals surface area contributed by atoms with E-state index >= 15 is 0 Å². The van der Waals surface area contributed by atoms with Crippen molar-refractivity contribution in [2.24, 2.45) is 0 Å². The normalized spacial score (nSPS) is 13.1. The molecule has 0 saturated heterocycles. The lowest BCUT2D eigenvalue weighted by Crippen LogP contribution is -2.40. The zero-order chi connectivity index (χ0) is 24.4. The maximum Gasteiger partial charge on any atom is 0.353 e. The van der Waals surface area contributed by atoms with Gasteiger partial charge in [-0.3, -0.25) is 0 Å². The average molecular weight is 446 g/mol. The molecule has 33 heavy (non-hydrogen) atoms. The molecule has 0 aliphatic carbocycles. The van der Waals surface area contributed by atoms with Crippen LogP contribution in [0.25, 0.3) is 6.08 Å². The van der Waals surface area contributed by atoms with Gasteiger partial charge in [-0.15, -0.1) is 0 Å². The molecule has 6 heteroatoms. The number of ether oxygens (including phenoxy) is 1. The minimum atomic E-state index is -2.16. The highest BCUT2D eigenvalue weighted by atomic mass is 16.6. The third kappa shape index (κ3) is 4.66. The molecule has 0 aromatic heterocycles. The predicted molar refractivity (Wildman–Crippen MR) is 125 cm³/mol. The molecule has 0 heterocycles. The molecule has 3 rings (SSSR count). The Morgan fingerprint density at radius 3 is 2.03 bits per heavy atom. The number of carboxylic acid groups (broad SMARTS) is 1. The van der Waals surface area contributed by atoms with E-state index in [-0.39, 0.29) is 16.9 Å². The van der Waals surface area contributed by atoms with E-state index in [4.69, 9.17) is 4.74 Å². The van der Waals surface area contributed by atoms with E-state index in [1.807, 2.05) is 0 Å². The maximum absolute atomic E-state index is 13.4. The second kappa shape index (κ2) is 8.92. The molecule has 0 amide bonds. The fourth-order valence-electron chi connectivity index (χ4n) is 3.52. The second-order valence-electron chi connectivity index (χ2n) is 8.71. The Balaban J connectivity index is 2.13. The number of esters is 1. The van der Waals surface area contributed by atoms with Crippen LogP contribution >= 0.6 is 0 Å². The number of rotatable bonds is 6. The first kappa shape index (κ1) is 23.8. The molecule has 0 aliphatic rings. The minimum Gasteiger partial charge on any atom is -0.507 e. The Hall–Kier alpha value is -3.90. The Kier molecular flexibility index (Phi) is 6.42. The first-order valence-electron chi connectivity index (χ1n) is 10.3. The number of carbonyl (C=O) groups is 2. The van der Waals surface area contributed by atoms with Crippen LogP contribution in [-0.4, -0.2) is 27.3 Å². The van der Waals surface area contributed by atoms with Gasteiger partial charge in [0.2, 0.25) is 5.60 Å². The van der Waals surface area contributed by atoms with Gasteiger partial charge in [0.15, 0.2) is 0 Å². The Bertz CT molecular complexity index is 1190. The topological polar surface area (TPSA) is 104 Å². The fourth-order valence-corrected chi connectivity index (χ4v) is 3.52. The van der Waals surface area contributed by atoms with Crippen LogP contribution in [0.2, 0.25) is 0 Å². The summed E-state index contributed by atoms with van der Waals surface area (Å²) >= 11 is 0. The molecule has 0 radical (unpaired) electrons. The summed E-state index contributed by atoms with van der Waals surface area (Å²) in [5, 5.41) is 31.6. The molecule has 0 saturated carbocycles. The number of phenols is 1. The van der Waals surface area contributed by atoms with E-state index in [1.165, 1.54) is 6.07 Å². The number of aromatic carboxylic acids is 1. The van der Waals surface area contributed by atoms with Gasteiger partial charge in [-0.05, 0) is 34.2 Å². The third-order valence-corrected chi connectivity index (χ3v) is 5.38.